The Morgan fingerprint density at radius 3 is 2.88 bits per heavy atom. The normalized spacial score (nSPS) is 10.6. The first-order valence-corrected chi connectivity index (χ1v) is 4.47. The molecular weight excluding hydrogens is 212 g/mol. The maximum absolute atomic E-state index is 11.3. The Morgan fingerprint density at radius 1 is 1.56 bits per heavy atom. The molecule has 1 N–H and O–H groups in total. The van der Waals surface area contributed by atoms with Crippen LogP contribution in [0.25, 0.3) is 0 Å². The van der Waals surface area contributed by atoms with E-state index in [9.17, 15) is 4.79 Å². The number of pyridine rings is 1. The molecule has 0 bridgehead atoms. The van der Waals surface area contributed by atoms with Crippen molar-refractivity contribution in [2.45, 2.75) is 6.61 Å². The number of aromatic nitrogens is 1. The van der Waals surface area contributed by atoms with Crippen LogP contribution in [0.4, 0.5) is 0 Å². The van der Waals surface area contributed by atoms with E-state index in [0.29, 0.717) is 17.0 Å². The summed E-state index contributed by atoms with van der Waals surface area (Å²) in [6, 6.07) is 3.02. The van der Waals surface area contributed by atoms with Gasteiger partial charge in [0.05, 0.1) is 36.9 Å². The third kappa shape index (κ3) is 3.03. The number of carbonyl (C=O) groups is 1. The second-order valence-electron chi connectivity index (χ2n) is 2.94. The van der Waals surface area contributed by atoms with Gasteiger partial charge in [-0.3, -0.25) is 0 Å². The molecule has 0 spiro atoms. The third-order valence-corrected chi connectivity index (χ3v) is 1.80. The summed E-state index contributed by atoms with van der Waals surface area (Å²) < 4.78 is 9.50. The fourth-order valence-electron chi connectivity index (χ4n) is 1.19. The molecule has 0 amide bonds. The van der Waals surface area contributed by atoms with Crippen LogP contribution in [0.15, 0.2) is 17.3 Å². The van der Waals surface area contributed by atoms with Gasteiger partial charge in [0.25, 0.3) is 0 Å². The average molecular weight is 224 g/mol. The van der Waals surface area contributed by atoms with Gasteiger partial charge in [-0.05, 0) is 12.1 Å². The lowest BCUT2D eigenvalue weighted by molar-refractivity contribution is 0.0600. The van der Waals surface area contributed by atoms with Gasteiger partial charge in [-0.2, -0.15) is 0 Å². The van der Waals surface area contributed by atoms with Gasteiger partial charge in [0.2, 0.25) is 0 Å². The van der Waals surface area contributed by atoms with Gasteiger partial charge in [-0.1, -0.05) is 5.16 Å². The summed E-state index contributed by atoms with van der Waals surface area (Å²) >= 11 is 0. The molecule has 0 saturated carbocycles. The second-order valence-corrected chi connectivity index (χ2v) is 2.94. The van der Waals surface area contributed by atoms with Gasteiger partial charge in [-0.25, -0.2) is 9.78 Å². The van der Waals surface area contributed by atoms with Crippen LogP contribution in [0.1, 0.15) is 21.7 Å². The van der Waals surface area contributed by atoms with Crippen LogP contribution < -0.4 is 0 Å². The quantitative estimate of drug-likeness (QED) is 0.354. The minimum Gasteiger partial charge on any atom is -0.465 e. The summed E-state index contributed by atoms with van der Waals surface area (Å²) in [5.41, 5.74) is 1.25. The third-order valence-electron chi connectivity index (χ3n) is 1.80. The maximum Gasteiger partial charge on any atom is 0.337 e. The predicted molar refractivity (Wildman–Crippen MR) is 55.7 cm³/mol. The largest absolute Gasteiger partial charge is 0.465 e. The molecule has 0 atom stereocenters. The SMILES string of the molecule is COCc1cc(C(=O)OC)cc(/C=N/O)n1. The Morgan fingerprint density at radius 2 is 2.31 bits per heavy atom. The highest BCUT2D eigenvalue weighted by Crippen LogP contribution is 2.07. The number of hydrogen-bond acceptors (Lipinski definition) is 6. The molecule has 6 nitrogen and oxygen atoms in total. The Hall–Kier alpha value is -1.95. The van der Waals surface area contributed by atoms with Crippen molar-refractivity contribution < 1.29 is 19.5 Å². The first kappa shape index (κ1) is 12.1. The van der Waals surface area contributed by atoms with Crippen molar-refractivity contribution in [3.05, 3.63) is 29.1 Å². The highest BCUT2D eigenvalue weighted by atomic mass is 16.5. The van der Waals surface area contributed by atoms with Crippen LogP contribution in [0.3, 0.4) is 0 Å². The molecule has 0 radical (unpaired) electrons. The van der Waals surface area contributed by atoms with Gasteiger partial charge in [0.15, 0.2) is 0 Å². The van der Waals surface area contributed by atoms with E-state index in [-0.39, 0.29) is 6.61 Å². The van der Waals surface area contributed by atoms with Crippen LogP contribution in [0, 0.1) is 0 Å². The van der Waals surface area contributed by atoms with E-state index < -0.39 is 5.97 Å². The van der Waals surface area contributed by atoms with Gasteiger partial charge < -0.3 is 14.7 Å². The summed E-state index contributed by atoms with van der Waals surface area (Å²) in [6.07, 6.45) is 1.13. The van der Waals surface area contributed by atoms with Crippen molar-refractivity contribution in [1.82, 2.24) is 4.98 Å². The second kappa shape index (κ2) is 5.82. The van der Waals surface area contributed by atoms with E-state index in [1.54, 1.807) is 6.07 Å². The van der Waals surface area contributed by atoms with Crippen LogP contribution in [-0.4, -0.2) is 36.6 Å². The molecule has 1 rings (SSSR count). The summed E-state index contributed by atoms with van der Waals surface area (Å²) in [4.78, 5) is 15.4. The van der Waals surface area contributed by atoms with E-state index in [1.807, 2.05) is 0 Å². The Bertz CT molecular complexity index is 404. The monoisotopic (exact) mass is 224 g/mol. The summed E-state index contributed by atoms with van der Waals surface area (Å²) in [5.74, 6) is -0.479. The number of esters is 1. The van der Waals surface area contributed by atoms with Crippen molar-refractivity contribution in [3.63, 3.8) is 0 Å². The maximum atomic E-state index is 11.3. The fourth-order valence-corrected chi connectivity index (χ4v) is 1.19. The molecule has 86 valence electrons. The zero-order chi connectivity index (χ0) is 12.0. The van der Waals surface area contributed by atoms with E-state index in [0.717, 1.165) is 6.21 Å². The number of ether oxygens (including phenoxy) is 2. The van der Waals surface area contributed by atoms with Gasteiger partial charge >= 0.3 is 5.97 Å². The molecule has 0 unspecified atom stereocenters. The molecule has 0 aliphatic rings. The topological polar surface area (TPSA) is 81.0 Å². The number of rotatable bonds is 4. The van der Waals surface area contributed by atoms with Gasteiger partial charge in [0.1, 0.15) is 0 Å². The summed E-state index contributed by atoms with van der Waals surface area (Å²) in [7, 11) is 2.81. The minimum atomic E-state index is -0.479. The van der Waals surface area contributed by atoms with E-state index >= 15 is 0 Å². The molecule has 0 aromatic carbocycles. The van der Waals surface area contributed by atoms with E-state index in [4.69, 9.17) is 9.94 Å². The Labute approximate surface area is 92.5 Å². The molecule has 1 aromatic rings. The summed E-state index contributed by atoms with van der Waals surface area (Å²) in [5, 5.41) is 11.3. The first-order valence-electron chi connectivity index (χ1n) is 4.47. The number of nitrogens with zero attached hydrogens (tertiary/aromatic N) is 2. The van der Waals surface area contributed by atoms with Crippen molar-refractivity contribution in [3.8, 4) is 0 Å². The van der Waals surface area contributed by atoms with Gasteiger partial charge in [-0.15, -0.1) is 0 Å². The van der Waals surface area contributed by atoms with Crippen molar-refractivity contribution >= 4 is 12.2 Å². The van der Waals surface area contributed by atoms with Crippen LogP contribution in [0.2, 0.25) is 0 Å². The highest BCUT2D eigenvalue weighted by molar-refractivity contribution is 5.91. The standard InChI is InChI=1S/C10H12N2O4/c1-15-6-9-4-7(10(13)16-2)3-8(12-9)5-11-14/h3-5,14H,6H2,1-2H3/b11-5+. The average Bonchev–Trinajstić information content (AvgIpc) is 2.28. The molecular formula is C10H12N2O4. The lowest BCUT2D eigenvalue weighted by Crippen LogP contribution is -2.06. The van der Waals surface area contributed by atoms with Crippen molar-refractivity contribution in [2.24, 2.45) is 5.16 Å². The zero-order valence-electron chi connectivity index (χ0n) is 9.01. The number of oxime groups is 1. The number of methoxy groups -OCH3 is 2. The van der Waals surface area contributed by atoms with Gasteiger partial charge in [0, 0.05) is 7.11 Å². The molecule has 6 heteroatoms. The van der Waals surface area contributed by atoms with Crippen molar-refractivity contribution in [2.75, 3.05) is 14.2 Å². The molecule has 0 aliphatic carbocycles. The number of hydrogen-bond donors (Lipinski definition) is 1. The summed E-state index contributed by atoms with van der Waals surface area (Å²) in [6.45, 7) is 0.261. The number of carbonyl (C=O) groups excluding carboxylic acids is 1. The molecule has 16 heavy (non-hydrogen) atoms. The van der Waals surface area contributed by atoms with Crippen LogP contribution in [0.5, 0.6) is 0 Å². The van der Waals surface area contributed by atoms with Crippen LogP contribution in [-0.2, 0) is 16.1 Å². The first-order chi connectivity index (χ1) is 7.71. The smallest absolute Gasteiger partial charge is 0.337 e. The van der Waals surface area contributed by atoms with Crippen molar-refractivity contribution in [1.29, 1.82) is 0 Å². The van der Waals surface area contributed by atoms with E-state index in [1.165, 1.54) is 20.3 Å². The molecule has 0 saturated heterocycles. The lowest BCUT2D eigenvalue weighted by Gasteiger charge is -2.04. The molecule has 1 heterocycles. The Kier molecular flexibility index (Phi) is 4.41. The fraction of sp³-hybridized carbons (Fsp3) is 0.300. The molecule has 0 aliphatic heterocycles. The Balaban J connectivity index is 3.12. The van der Waals surface area contributed by atoms with Crippen LogP contribution >= 0.6 is 0 Å². The zero-order valence-corrected chi connectivity index (χ0v) is 9.01. The lowest BCUT2D eigenvalue weighted by atomic mass is 10.2. The molecule has 0 fully saturated rings. The highest BCUT2D eigenvalue weighted by Gasteiger charge is 2.09. The van der Waals surface area contributed by atoms with E-state index in [2.05, 4.69) is 14.9 Å². The minimum absolute atomic E-state index is 0.261. The predicted octanol–water partition coefficient (Wildman–Crippen LogP) is 0.823. The molecule has 1 aromatic heterocycles.